The average molecular weight is 1100 g/mol. The lowest BCUT2D eigenvalue weighted by molar-refractivity contribution is -0.142. The van der Waals surface area contributed by atoms with Gasteiger partial charge in [-0.25, -0.2) is 4.79 Å². The predicted molar refractivity (Wildman–Crippen MR) is 283 cm³/mol. The third-order valence-electron chi connectivity index (χ3n) is 12.5. The number of nitrogens with zero attached hydrogens (tertiary/aromatic N) is 5. The number of ketones is 1. The minimum Gasteiger partial charge on any atom is -0.480 e. The van der Waals surface area contributed by atoms with Crippen LogP contribution in [0, 0.1) is 0 Å². The largest absolute Gasteiger partial charge is 0.480 e. The van der Waals surface area contributed by atoms with E-state index in [0.717, 1.165) is 22.6 Å². The number of carboxylic acids is 5. The van der Waals surface area contributed by atoms with Crippen LogP contribution in [0.3, 0.4) is 0 Å². The highest BCUT2D eigenvalue weighted by molar-refractivity contribution is 7.98. The number of amides is 4. The molecule has 26 heteroatoms. The Morgan fingerprint density at radius 2 is 1.28 bits per heavy atom. The van der Waals surface area contributed by atoms with Crippen LogP contribution in [0.5, 0.6) is 0 Å². The summed E-state index contributed by atoms with van der Waals surface area (Å²) in [6, 6.07) is 11.1. The van der Waals surface area contributed by atoms with Crippen molar-refractivity contribution in [2.45, 2.75) is 69.6 Å². The van der Waals surface area contributed by atoms with Gasteiger partial charge in [0.25, 0.3) is 17.7 Å². The minimum atomic E-state index is -1.27. The van der Waals surface area contributed by atoms with Crippen LogP contribution in [-0.4, -0.2) is 223 Å². The van der Waals surface area contributed by atoms with Crippen molar-refractivity contribution in [2.24, 2.45) is 0 Å². The number of carboxylic acid groups (broad SMARTS) is 5. The van der Waals surface area contributed by atoms with Gasteiger partial charge < -0.3 is 46.8 Å². The fourth-order valence-corrected chi connectivity index (χ4v) is 9.19. The van der Waals surface area contributed by atoms with Gasteiger partial charge in [-0.3, -0.25) is 67.7 Å². The first-order valence-electron chi connectivity index (χ1n) is 24.6. The van der Waals surface area contributed by atoms with E-state index >= 15 is 0 Å². The number of imide groups is 1. The van der Waals surface area contributed by atoms with Crippen molar-refractivity contribution < 1.29 is 73.5 Å². The molecule has 2 aliphatic heterocycles. The standard InChI is InChI=1S/C50H67N9O15S2/c1-76-24-16-38(40(60)12-13-41(61)53-39(49(73)74)7-2-3-17-59-42(62)14-15-43(59)63)54-48(72)35-6-4-5-34(25-35)27-51-50(75)52-36-10-8-33(9-11-36)26-37-28-57(31-46(68)69)21-20-55(29-44(64)65)18-19-56(30-45(66)67)22-23-58(37)32-47(70)71/h4-6,8-11,14-15,25,37-39H,2-3,7,12-13,16-24,26-32H2,1H3,(H,53,61)(H,54,72)(H,64,65)(H,66,67)(H,68,69)(H,70,71)(H,73,74)(H2,51,52,75)/t37?,38-,39-/m0/s1. The van der Waals surface area contributed by atoms with Crippen molar-refractivity contribution in [1.82, 2.24) is 40.4 Å². The van der Waals surface area contributed by atoms with Crippen LogP contribution in [0.25, 0.3) is 0 Å². The lowest BCUT2D eigenvalue weighted by Gasteiger charge is -2.37. The van der Waals surface area contributed by atoms with Crippen molar-refractivity contribution in [3.63, 3.8) is 0 Å². The maximum atomic E-state index is 13.5. The molecule has 76 heavy (non-hydrogen) atoms. The van der Waals surface area contributed by atoms with Crippen LogP contribution in [0.15, 0.2) is 60.7 Å². The Kier molecular flexibility index (Phi) is 25.9. The predicted octanol–water partition coefficient (Wildman–Crippen LogP) is 0.510. The Bertz CT molecular complexity index is 2410. The molecule has 0 aliphatic carbocycles. The number of benzene rings is 2. The second-order valence-corrected chi connectivity index (χ2v) is 19.7. The fourth-order valence-electron chi connectivity index (χ4n) is 8.53. The summed E-state index contributed by atoms with van der Waals surface area (Å²) >= 11 is 7.03. The zero-order valence-electron chi connectivity index (χ0n) is 42.2. The Morgan fingerprint density at radius 1 is 0.684 bits per heavy atom. The first-order valence-corrected chi connectivity index (χ1v) is 26.4. The number of nitrogens with one attached hydrogen (secondary N) is 4. The molecule has 0 saturated carbocycles. The van der Waals surface area contributed by atoms with Crippen molar-refractivity contribution in [1.29, 1.82) is 0 Å². The summed E-state index contributed by atoms with van der Waals surface area (Å²) in [6.07, 6.45) is 4.85. The summed E-state index contributed by atoms with van der Waals surface area (Å²) in [7, 11) is 0. The molecule has 9 N–H and O–H groups in total. The second kappa shape index (κ2) is 31.9. The molecule has 4 amide bonds. The summed E-state index contributed by atoms with van der Waals surface area (Å²) in [4.78, 5) is 130. The molecular weight excluding hydrogens is 1030 g/mol. The van der Waals surface area contributed by atoms with Gasteiger partial charge in [-0.1, -0.05) is 24.3 Å². The Balaban J connectivity index is 1.33. The van der Waals surface area contributed by atoms with Crippen molar-refractivity contribution >= 4 is 94.0 Å². The number of thioether (sulfide) groups is 1. The Hall–Kier alpha value is -6.84. The maximum absolute atomic E-state index is 13.5. The molecule has 3 atom stereocenters. The third-order valence-corrected chi connectivity index (χ3v) is 13.3. The monoisotopic (exact) mass is 1100 g/mol. The molecule has 24 nitrogen and oxygen atoms in total. The molecule has 2 aliphatic rings. The second-order valence-electron chi connectivity index (χ2n) is 18.3. The van der Waals surface area contributed by atoms with Crippen LogP contribution >= 0.6 is 24.0 Å². The van der Waals surface area contributed by atoms with Crippen LogP contribution in [0.4, 0.5) is 5.69 Å². The number of hydrogen-bond donors (Lipinski definition) is 9. The molecule has 2 aromatic carbocycles. The van der Waals surface area contributed by atoms with Crippen molar-refractivity contribution in [3.05, 3.63) is 77.4 Å². The number of Topliss-reactive ketones (excluding diaryl/α,β-unsaturated/α-hetero) is 1. The van der Waals surface area contributed by atoms with E-state index in [0.29, 0.717) is 29.8 Å². The molecule has 4 rings (SSSR count). The maximum Gasteiger partial charge on any atom is 0.326 e. The Morgan fingerprint density at radius 3 is 1.87 bits per heavy atom. The van der Waals surface area contributed by atoms with Crippen LogP contribution < -0.4 is 21.3 Å². The van der Waals surface area contributed by atoms with Gasteiger partial charge in [0.15, 0.2) is 10.9 Å². The topological polar surface area (TPSA) is 336 Å². The van der Waals surface area contributed by atoms with Gasteiger partial charge in [0.1, 0.15) is 6.04 Å². The number of aliphatic carboxylic acids is 5. The minimum absolute atomic E-state index is 0.0415. The first-order chi connectivity index (χ1) is 36.2. The lowest BCUT2D eigenvalue weighted by atomic mass is 10.0. The molecule has 0 radical (unpaired) electrons. The van der Waals surface area contributed by atoms with Crippen molar-refractivity contribution in [2.75, 3.05) is 95.9 Å². The number of thiocarbonyl (C=S) groups is 1. The van der Waals surface area contributed by atoms with E-state index in [4.69, 9.17) is 12.2 Å². The third kappa shape index (κ3) is 22.6. The van der Waals surface area contributed by atoms with Gasteiger partial charge >= 0.3 is 29.8 Å². The molecule has 1 fully saturated rings. The first kappa shape index (κ1) is 61.7. The van der Waals surface area contributed by atoms with E-state index in [1.807, 2.05) is 18.4 Å². The fraction of sp³-hybridized carbons (Fsp3) is 0.500. The molecule has 1 saturated heterocycles. The van der Waals surface area contributed by atoms with Gasteiger partial charge in [0.2, 0.25) is 5.91 Å². The molecule has 1 unspecified atom stereocenters. The zero-order valence-corrected chi connectivity index (χ0v) is 43.9. The van der Waals surface area contributed by atoms with E-state index in [9.17, 15) is 73.5 Å². The van der Waals surface area contributed by atoms with E-state index < -0.39 is 83.9 Å². The highest BCUT2D eigenvalue weighted by Crippen LogP contribution is 2.17. The molecule has 0 bridgehead atoms. The number of anilines is 1. The average Bonchev–Trinajstić information content (AvgIpc) is 3.68. The summed E-state index contributed by atoms with van der Waals surface area (Å²) in [5, 5.41) is 60.2. The summed E-state index contributed by atoms with van der Waals surface area (Å²) in [5.41, 5.74) is 2.33. The highest BCUT2D eigenvalue weighted by Gasteiger charge is 2.29. The van der Waals surface area contributed by atoms with Gasteiger partial charge in [-0.15, -0.1) is 0 Å². The number of unbranched alkanes of at least 4 members (excludes halogenated alkanes) is 1. The summed E-state index contributed by atoms with van der Waals surface area (Å²) < 4.78 is 0. The zero-order chi connectivity index (χ0) is 55.7. The normalized spacial score (nSPS) is 16.9. The van der Waals surface area contributed by atoms with E-state index in [1.165, 1.54) is 11.8 Å². The van der Waals surface area contributed by atoms with E-state index in [2.05, 4.69) is 21.3 Å². The lowest BCUT2D eigenvalue weighted by Crippen LogP contribution is -2.53. The molecule has 414 valence electrons. The number of carbonyl (C=O) groups is 10. The van der Waals surface area contributed by atoms with Crippen molar-refractivity contribution in [3.8, 4) is 0 Å². The smallest absolute Gasteiger partial charge is 0.326 e. The van der Waals surface area contributed by atoms with Crippen LogP contribution in [0.1, 0.15) is 60.0 Å². The Labute approximate surface area is 449 Å². The number of rotatable bonds is 29. The van der Waals surface area contributed by atoms with Gasteiger partial charge in [0.05, 0.1) is 32.2 Å². The number of hydrogen-bond acceptors (Lipinski definition) is 16. The summed E-state index contributed by atoms with van der Waals surface area (Å²) in [6.45, 7) is -0.00119. The highest BCUT2D eigenvalue weighted by atomic mass is 32.2. The van der Waals surface area contributed by atoms with Gasteiger partial charge in [0, 0.05) is 101 Å². The SMILES string of the molecule is CSCC[C@H](NC(=O)c1cccc(CNC(=S)Nc2ccc(CC3CN(CC(=O)O)CCN(CC(=O)O)CCN(CC(=O)O)CCN3CC(=O)O)cc2)c1)C(=O)CCC(=O)N[C@@H](CCCCN1C(=O)C=CC1=O)C(=O)O. The van der Waals surface area contributed by atoms with Crippen LogP contribution in [-0.2, 0) is 56.1 Å². The van der Waals surface area contributed by atoms with Gasteiger partial charge in [-0.2, -0.15) is 11.8 Å². The molecular formula is C50H67N9O15S2. The number of carbonyl (C=O) groups excluding carboxylic acids is 5. The molecule has 2 heterocycles. The summed E-state index contributed by atoms with van der Waals surface area (Å²) in [5.74, 6) is -7.63. The van der Waals surface area contributed by atoms with E-state index in [-0.39, 0.29) is 121 Å². The molecule has 0 aromatic heterocycles. The molecule has 0 spiro atoms. The quantitative estimate of drug-likeness (QED) is 0.0304. The van der Waals surface area contributed by atoms with E-state index in [1.54, 1.807) is 56.0 Å². The van der Waals surface area contributed by atoms with Gasteiger partial charge in [-0.05, 0) is 91.7 Å². The van der Waals surface area contributed by atoms with Crippen LogP contribution in [0.2, 0.25) is 0 Å². The molecule has 2 aromatic rings.